The van der Waals surface area contributed by atoms with Gasteiger partial charge in [-0.1, -0.05) is 28.1 Å². The quantitative estimate of drug-likeness (QED) is 0.623. The summed E-state index contributed by atoms with van der Waals surface area (Å²) in [4.78, 5) is 24.6. The first-order valence-electron chi connectivity index (χ1n) is 8.13. The van der Waals surface area contributed by atoms with Crippen molar-refractivity contribution in [3.63, 3.8) is 0 Å². The van der Waals surface area contributed by atoms with Crippen LogP contribution in [0.15, 0.2) is 46.9 Å². The SMILES string of the molecule is CN(C(=O)OC(C)(C)C)c1ccc(COc2cc(Br)ccc2C=O)cc1. The molecule has 26 heavy (non-hydrogen) atoms. The molecule has 0 spiro atoms. The molecular formula is C20H22BrNO4. The number of amides is 1. The Morgan fingerprint density at radius 2 is 1.81 bits per heavy atom. The van der Waals surface area contributed by atoms with Crippen molar-refractivity contribution in [2.24, 2.45) is 0 Å². The molecule has 0 radical (unpaired) electrons. The molecule has 2 aromatic rings. The van der Waals surface area contributed by atoms with E-state index in [1.165, 1.54) is 4.90 Å². The average molecular weight is 420 g/mol. The zero-order valence-electron chi connectivity index (χ0n) is 15.3. The lowest BCUT2D eigenvalue weighted by Gasteiger charge is -2.24. The van der Waals surface area contributed by atoms with E-state index in [-0.39, 0.29) is 0 Å². The summed E-state index contributed by atoms with van der Waals surface area (Å²) < 4.78 is 11.9. The van der Waals surface area contributed by atoms with Gasteiger partial charge in [-0.3, -0.25) is 9.69 Å². The first kappa shape index (κ1) is 20.0. The molecule has 0 saturated heterocycles. The van der Waals surface area contributed by atoms with E-state index in [4.69, 9.17) is 9.47 Å². The number of nitrogens with zero attached hydrogens (tertiary/aromatic N) is 1. The number of ether oxygens (including phenoxy) is 2. The van der Waals surface area contributed by atoms with Crippen molar-refractivity contribution in [3.8, 4) is 5.75 Å². The molecule has 1 amide bonds. The molecule has 0 aromatic heterocycles. The molecule has 2 rings (SSSR count). The van der Waals surface area contributed by atoms with Crippen LogP contribution in [0, 0.1) is 0 Å². The molecule has 0 aliphatic heterocycles. The van der Waals surface area contributed by atoms with Gasteiger partial charge in [-0.2, -0.15) is 0 Å². The molecule has 6 heteroatoms. The first-order chi connectivity index (χ1) is 12.2. The maximum atomic E-state index is 12.1. The zero-order valence-corrected chi connectivity index (χ0v) is 16.9. The zero-order chi connectivity index (χ0) is 19.3. The summed E-state index contributed by atoms with van der Waals surface area (Å²) in [6.07, 6.45) is 0.354. The molecule has 0 aliphatic carbocycles. The van der Waals surface area contributed by atoms with Crippen LogP contribution in [0.5, 0.6) is 5.75 Å². The highest BCUT2D eigenvalue weighted by Gasteiger charge is 2.20. The van der Waals surface area contributed by atoms with E-state index >= 15 is 0 Å². The van der Waals surface area contributed by atoms with E-state index in [9.17, 15) is 9.59 Å². The van der Waals surface area contributed by atoms with Crippen LogP contribution in [0.4, 0.5) is 10.5 Å². The Kier molecular flexibility index (Phi) is 6.42. The molecule has 0 N–H and O–H groups in total. The Morgan fingerprint density at radius 3 is 2.38 bits per heavy atom. The number of carbonyl (C=O) groups is 2. The van der Waals surface area contributed by atoms with Gasteiger partial charge in [0.1, 0.15) is 18.0 Å². The van der Waals surface area contributed by atoms with E-state index in [2.05, 4.69) is 15.9 Å². The first-order valence-corrected chi connectivity index (χ1v) is 8.92. The standard InChI is InChI=1S/C20H22BrNO4/c1-20(2,3)26-19(24)22(4)17-9-5-14(6-10-17)13-25-18-11-16(21)8-7-15(18)12-23/h5-12H,13H2,1-4H3. The minimum absolute atomic E-state index is 0.313. The van der Waals surface area contributed by atoms with Crippen LogP contribution in [0.3, 0.4) is 0 Å². The molecule has 2 aromatic carbocycles. The fourth-order valence-electron chi connectivity index (χ4n) is 2.14. The van der Waals surface area contributed by atoms with Crippen molar-refractivity contribution in [2.45, 2.75) is 33.0 Å². The van der Waals surface area contributed by atoms with Gasteiger partial charge < -0.3 is 9.47 Å². The highest BCUT2D eigenvalue weighted by Crippen LogP contribution is 2.24. The molecule has 0 fully saturated rings. The van der Waals surface area contributed by atoms with Crippen molar-refractivity contribution in [3.05, 3.63) is 58.1 Å². The van der Waals surface area contributed by atoms with Crippen molar-refractivity contribution < 1.29 is 19.1 Å². The van der Waals surface area contributed by atoms with Gasteiger partial charge in [-0.05, 0) is 56.7 Å². The second-order valence-corrected chi connectivity index (χ2v) is 7.71. The summed E-state index contributed by atoms with van der Waals surface area (Å²) in [5.41, 5.74) is 1.59. The molecule has 0 unspecified atom stereocenters. The number of hydrogen-bond donors (Lipinski definition) is 0. The minimum Gasteiger partial charge on any atom is -0.488 e. The van der Waals surface area contributed by atoms with Crippen LogP contribution >= 0.6 is 15.9 Å². The highest BCUT2D eigenvalue weighted by atomic mass is 79.9. The second kappa shape index (κ2) is 8.36. The number of anilines is 1. The maximum absolute atomic E-state index is 12.1. The highest BCUT2D eigenvalue weighted by molar-refractivity contribution is 9.10. The molecule has 138 valence electrons. The van der Waals surface area contributed by atoms with E-state index in [0.29, 0.717) is 17.9 Å². The van der Waals surface area contributed by atoms with Gasteiger partial charge >= 0.3 is 6.09 Å². The Labute approximate surface area is 162 Å². The van der Waals surface area contributed by atoms with Crippen LogP contribution < -0.4 is 9.64 Å². The van der Waals surface area contributed by atoms with Crippen molar-refractivity contribution in [1.29, 1.82) is 0 Å². The molecule has 0 heterocycles. The fraction of sp³-hybridized carbons (Fsp3) is 0.300. The summed E-state index contributed by atoms with van der Waals surface area (Å²) in [6.45, 7) is 5.80. The third-order valence-electron chi connectivity index (χ3n) is 3.49. The van der Waals surface area contributed by atoms with E-state index in [1.54, 1.807) is 25.2 Å². The lowest BCUT2D eigenvalue weighted by molar-refractivity contribution is 0.0589. The van der Waals surface area contributed by atoms with Gasteiger partial charge in [0.05, 0.1) is 5.56 Å². The molecule has 0 atom stereocenters. The van der Waals surface area contributed by atoms with Crippen LogP contribution in [0.1, 0.15) is 36.7 Å². The van der Waals surface area contributed by atoms with Gasteiger partial charge in [0.2, 0.25) is 0 Å². The molecule has 0 aliphatic rings. The monoisotopic (exact) mass is 419 g/mol. The van der Waals surface area contributed by atoms with Crippen LogP contribution in [0.2, 0.25) is 0 Å². The number of halogens is 1. The van der Waals surface area contributed by atoms with Gasteiger partial charge in [-0.25, -0.2) is 4.79 Å². The van der Waals surface area contributed by atoms with Crippen LogP contribution in [-0.2, 0) is 11.3 Å². The topological polar surface area (TPSA) is 55.8 Å². The number of benzene rings is 2. The van der Waals surface area contributed by atoms with Crippen molar-refractivity contribution in [2.75, 3.05) is 11.9 Å². The summed E-state index contributed by atoms with van der Waals surface area (Å²) >= 11 is 3.37. The predicted molar refractivity (Wildman–Crippen MR) is 105 cm³/mol. The summed E-state index contributed by atoms with van der Waals surface area (Å²) in [5.74, 6) is 0.518. The molecule has 0 saturated carbocycles. The Morgan fingerprint density at radius 1 is 1.15 bits per heavy atom. The summed E-state index contributed by atoms with van der Waals surface area (Å²) in [5, 5.41) is 0. The molecule has 5 nitrogen and oxygen atoms in total. The van der Waals surface area contributed by atoms with Gasteiger partial charge in [0, 0.05) is 17.2 Å². The Bertz CT molecular complexity index is 781. The molecular weight excluding hydrogens is 398 g/mol. The second-order valence-electron chi connectivity index (χ2n) is 6.79. The number of carbonyl (C=O) groups excluding carboxylic acids is 2. The Balaban J connectivity index is 2.03. The third-order valence-corrected chi connectivity index (χ3v) is 3.98. The van der Waals surface area contributed by atoms with Crippen LogP contribution in [-0.4, -0.2) is 25.0 Å². The average Bonchev–Trinajstić information content (AvgIpc) is 2.58. The van der Waals surface area contributed by atoms with E-state index < -0.39 is 11.7 Å². The fourth-order valence-corrected chi connectivity index (χ4v) is 2.48. The Hall–Kier alpha value is -2.34. The number of aldehydes is 1. The largest absolute Gasteiger partial charge is 0.488 e. The summed E-state index contributed by atoms with van der Waals surface area (Å²) in [7, 11) is 1.66. The molecule has 0 bridgehead atoms. The predicted octanol–water partition coefficient (Wildman–Crippen LogP) is 5.21. The number of rotatable bonds is 5. The summed E-state index contributed by atoms with van der Waals surface area (Å²) in [6, 6.07) is 12.6. The smallest absolute Gasteiger partial charge is 0.414 e. The van der Waals surface area contributed by atoms with Gasteiger partial charge in [-0.15, -0.1) is 0 Å². The van der Waals surface area contributed by atoms with E-state index in [1.807, 2.05) is 45.0 Å². The van der Waals surface area contributed by atoms with Crippen molar-refractivity contribution >= 4 is 34.0 Å². The van der Waals surface area contributed by atoms with Gasteiger partial charge in [0.15, 0.2) is 6.29 Å². The lowest BCUT2D eigenvalue weighted by Crippen LogP contribution is -2.34. The lowest BCUT2D eigenvalue weighted by atomic mass is 10.2. The maximum Gasteiger partial charge on any atom is 0.414 e. The minimum atomic E-state index is -0.542. The van der Waals surface area contributed by atoms with E-state index in [0.717, 1.165) is 22.0 Å². The normalized spacial score (nSPS) is 11.0. The van der Waals surface area contributed by atoms with Gasteiger partial charge in [0.25, 0.3) is 0 Å². The number of hydrogen-bond acceptors (Lipinski definition) is 4. The van der Waals surface area contributed by atoms with Crippen LogP contribution in [0.25, 0.3) is 0 Å². The van der Waals surface area contributed by atoms with Crippen molar-refractivity contribution in [1.82, 2.24) is 0 Å². The third kappa shape index (κ3) is 5.59.